The minimum Gasteiger partial charge on any atom is -0.384 e. The van der Waals surface area contributed by atoms with Crippen molar-refractivity contribution < 1.29 is 4.39 Å². The zero-order valence-corrected chi connectivity index (χ0v) is 10.2. The summed E-state index contributed by atoms with van der Waals surface area (Å²) in [7, 11) is 0. The Morgan fingerprint density at radius 1 is 1.17 bits per heavy atom. The van der Waals surface area contributed by atoms with E-state index in [9.17, 15) is 4.39 Å². The van der Waals surface area contributed by atoms with Crippen LogP contribution in [0.3, 0.4) is 0 Å². The molecule has 0 aliphatic heterocycles. The number of thiophene rings is 1. The van der Waals surface area contributed by atoms with Gasteiger partial charge < -0.3 is 5.73 Å². The summed E-state index contributed by atoms with van der Waals surface area (Å²) in [5.41, 5.74) is 7.00. The molecule has 0 fully saturated rings. The fraction of sp³-hybridized carbons (Fsp3) is 0. The van der Waals surface area contributed by atoms with Gasteiger partial charge in [-0.3, -0.25) is 0 Å². The summed E-state index contributed by atoms with van der Waals surface area (Å²) in [6.07, 6.45) is 0. The van der Waals surface area contributed by atoms with Crippen LogP contribution in [0.1, 0.15) is 0 Å². The third-order valence-electron chi connectivity index (χ3n) is 2.59. The fourth-order valence-corrected chi connectivity index (χ4v) is 2.44. The Bertz CT molecular complexity index is 673. The number of nitrogens with two attached hydrogens (primary N) is 1. The number of hydrogen-bond donors (Lipinski definition) is 1. The van der Waals surface area contributed by atoms with E-state index in [4.69, 9.17) is 5.73 Å². The highest BCUT2D eigenvalue weighted by Crippen LogP contribution is 2.27. The molecule has 0 radical (unpaired) electrons. The predicted octanol–water partition coefficient (Wildman–Crippen LogP) is 3.32. The van der Waals surface area contributed by atoms with E-state index >= 15 is 0 Å². The van der Waals surface area contributed by atoms with Crippen LogP contribution in [0.15, 0.2) is 47.8 Å². The number of para-hydroxylation sites is 1. The highest BCUT2D eigenvalue weighted by molar-refractivity contribution is 7.13. The molecule has 90 valence electrons. The Morgan fingerprint density at radius 2 is 2.00 bits per heavy atom. The van der Waals surface area contributed by atoms with Gasteiger partial charge in [0.25, 0.3) is 0 Å². The first-order valence-electron chi connectivity index (χ1n) is 5.40. The molecule has 0 atom stereocenters. The highest BCUT2D eigenvalue weighted by atomic mass is 32.1. The molecular weight excluding hydrogens is 249 g/mol. The van der Waals surface area contributed by atoms with E-state index < -0.39 is 0 Å². The molecular formula is C13H10FN3S. The molecule has 0 aliphatic rings. The number of benzene rings is 1. The molecule has 0 aliphatic carbocycles. The molecule has 0 saturated carbocycles. The number of rotatable bonds is 2. The summed E-state index contributed by atoms with van der Waals surface area (Å²) in [5, 5.41) is 6.31. The average Bonchev–Trinajstić information content (AvgIpc) is 2.99. The van der Waals surface area contributed by atoms with E-state index in [2.05, 4.69) is 5.10 Å². The summed E-state index contributed by atoms with van der Waals surface area (Å²) in [4.78, 5) is 1.01. The quantitative estimate of drug-likeness (QED) is 0.767. The van der Waals surface area contributed by atoms with Crippen molar-refractivity contribution in [2.24, 2.45) is 0 Å². The van der Waals surface area contributed by atoms with Gasteiger partial charge in [0.05, 0.1) is 4.88 Å². The lowest BCUT2D eigenvalue weighted by Crippen LogP contribution is -2.03. The lowest BCUT2D eigenvalue weighted by atomic mass is 10.3. The van der Waals surface area contributed by atoms with Gasteiger partial charge in [-0.25, -0.2) is 9.07 Å². The van der Waals surface area contributed by atoms with Crippen LogP contribution in [-0.2, 0) is 0 Å². The smallest absolute Gasteiger partial charge is 0.148 e. The van der Waals surface area contributed by atoms with Gasteiger partial charge in [0.2, 0.25) is 0 Å². The first-order chi connectivity index (χ1) is 8.75. The number of nitrogens with zero attached hydrogens (tertiary/aromatic N) is 2. The molecule has 1 aromatic carbocycles. The third-order valence-corrected chi connectivity index (χ3v) is 3.48. The van der Waals surface area contributed by atoms with Crippen LogP contribution in [0.25, 0.3) is 16.3 Å². The molecule has 3 rings (SSSR count). The van der Waals surface area contributed by atoms with E-state index in [1.807, 2.05) is 17.5 Å². The second-order valence-electron chi connectivity index (χ2n) is 3.79. The second-order valence-corrected chi connectivity index (χ2v) is 4.74. The van der Waals surface area contributed by atoms with Crippen molar-refractivity contribution in [3.8, 4) is 16.3 Å². The molecule has 0 saturated heterocycles. The van der Waals surface area contributed by atoms with Gasteiger partial charge >= 0.3 is 0 Å². The maximum atomic E-state index is 13.7. The van der Waals surface area contributed by atoms with Crippen LogP contribution < -0.4 is 5.73 Å². The Labute approximate surface area is 107 Å². The number of halogens is 1. The zero-order chi connectivity index (χ0) is 12.5. The monoisotopic (exact) mass is 259 g/mol. The summed E-state index contributed by atoms with van der Waals surface area (Å²) >= 11 is 1.57. The van der Waals surface area contributed by atoms with Crippen molar-refractivity contribution >= 4 is 17.2 Å². The molecule has 3 aromatic rings. The number of nitrogen functional groups attached to an aromatic ring is 1. The van der Waals surface area contributed by atoms with E-state index in [0.29, 0.717) is 11.5 Å². The lowest BCUT2D eigenvalue weighted by Gasteiger charge is -2.04. The van der Waals surface area contributed by atoms with Crippen molar-refractivity contribution in [1.29, 1.82) is 0 Å². The van der Waals surface area contributed by atoms with Crippen molar-refractivity contribution in [3.63, 3.8) is 0 Å². The van der Waals surface area contributed by atoms with Gasteiger partial charge in [-0.1, -0.05) is 18.2 Å². The second kappa shape index (κ2) is 4.27. The van der Waals surface area contributed by atoms with Crippen LogP contribution in [0.5, 0.6) is 0 Å². The highest BCUT2D eigenvalue weighted by Gasteiger charge is 2.11. The molecule has 5 heteroatoms. The van der Waals surface area contributed by atoms with E-state index in [-0.39, 0.29) is 5.82 Å². The van der Waals surface area contributed by atoms with Crippen molar-refractivity contribution in [2.45, 2.75) is 0 Å². The van der Waals surface area contributed by atoms with Crippen molar-refractivity contribution in [2.75, 3.05) is 5.73 Å². The zero-order valence-electron chi connectivity index (χ0n) is 9.38. The van der Waals surface area contributed by atoms with Gasteiger partial charge in [0.1, 0.15) is 23.0 Å². The Kier molecular flexibility index (Phi) is 2.60. The van der Waals surface area contributed by atoms with Crippen LogP contribution in [0.4, 0.5) is 10.2 Å². The molecule has 3 nitrogen and oxygen atoms in total. The molecule has 18 heavy (non-hydrogen) atoms. The van der Waals surface area contributed by atoms with Gasteiger partial charge in [-0.05, 0) is 23.6 Å². The number of anilines is 1. The molecule has 0 spiro atoms. The Balaban J connectivity index is 2.12. The van der Waals surface area contributed by atoms with Gasteiger partial charge in [0.15, 0.2) is 0 Å². The summed E-state index contributed by atoms with van der Waals surface area (Å²) in [6.45, 7) is 0. The molecule has 0 amide bonds. The average molecular weight is 259 g/mol. The molecule has 2 heterocycles. The topological polar surface area (TPSA) is 43.8 Å². The first-order valence-corrected chi connectivity index (χ1v) is 6.28. The Morgan fingerprint density at radius 3 is 2.72 bits per heavy atom. The van der Waals surface area contributed by atoms with E-state index in [0.717, 1.165) is 10.6 Å². The fourth-order valence-electron chi connectivity index (χ4n) is 1.76. The minimum absolute atomic E-state index is 0.343. The van der Waals surface area contributed by atoms with E-state index in [1.165, 1.54) is 10.7 Å². The first kappa shape index (κ1) is 11.0. The van der Waals surface area contributed by atoms with Crippen LogP contribution in [0.2, 0.25) is 0 Å². The number of hydrogen-bond acceptors (Lipinski definition) is 3. The van der Waals surface area contributed by atoms with Crippen LogP contribution in [-0.4, -0.2) is 9.78 Å². The van der Waals surface area contributed by atoms with Gasteiger partial charge in [-0.2, -0.15) is 5.10 Å². The number of aromatic nitrogens is 2. The van der Waals surface area contributed by atoms with Crippen molar-refractivity contribution in [3.05, 3.63) is 53.7 Å². The predicted molar refractivity (Wildman–Crippen MR) is 71.2 cm³/mol. The maximum absolute atomic E-state index is 13.7. The van der Waals surface area contributed by atoms with Gasteiger partial charge in [-0.15, -0.1) is 11.3 Å². The molecule has 0 unspecified atom stereocenters. The normalized spacial score (nSPS) is 10.7. The van der Waals surface area contributed by atoms with E-state index in [1.54, 1.807) is 35.6 Å². The van der Waals surface area contributed by atoms with Gasteiger partial charge in [0, 0.05) is 6.07 Å². The molecule has 2 N–H and O–H groups in total. The maximum Gasteiger partial charge on any atom is 0.148 e. The molecule has 0 bridgehead atoms. The summed E-state index contributed by atoms with van der Waals surface area (Å²) in [6, 6.07) is 12.1. The summed E-state index contributed by atoms with van der Waals surface area (Å²) in [5.74, 6) is 0.0773. The molecule has 2 aromatic heterocycles. The lowest BCUT2D eigenvalue weighted by molar-refractivity contribution is 0.612. The minimum atomic E-state index is -0.343. The van der Waals surface area contributed by atoms with Crippen LogP contribution in [0, 0.1) is 5.82 Å². The van der Waals surface area contributed by atoms with Crippen molar-refractivity contribution in [1.82, 2.24) is 9.78 Å². The third kappa shape index (κ3) is 1.78. The largest absolute Gasteiger partial charge is 0.384 e. The SMILES string of the molecule is Nc1cc(-c2cccs2)nn1-c1ccccc1F. The standard InChI is InChI=1S/C13H10FN3S/c14-9-4-1-2-5-11(9)17-13(15)8-10(16-17)12-6-3-7-18-12/h1-8H,15H2. The van der Waals surface area contributed by atoms with Crippen LogP contribution >= 0.6 is 11.3 Å². The Hall–Kier alpha value is -2.14. The summed E-state index contributed by atoms with van der Waals surface area (Å²) < 4.78 is 15.1.